The van der Waals surface area contributed by atoms with Crippen LogP contribution in [0.5, 0.6) is 0 Å². The lowest BCUT2D eigenvalue weighted by Crippen LogP contribution is -2.14. The maximum atomic E-state index is 11.0. The van der Waals surface area contributed by atoms with Gasteiger partial charge in [-0.1, -0.05) is 0 Å². The van der Waals surface area contributed by atoms with Crippen LogP contribution in [0.4, 0.5) is 11.4 Å². The molecule has 18 heavy (non-hydrogen) atoms. The van der Waals surface area contributed by atoms with Gasteiger partial charge in [-0.2, -0.15) is 0 Å². The van der Waals surface area contributed by atoms with Crippen molar-refractivity contribution in [3.05, 3.63) is 24.3 Å². The van der Waals surface area contributed by atoms with Gasteiger partial charge in [-0.3, -0.25) is 4.72 Å². The number of hydrogen-bond donors (Lipinski definition) is 2. The minimum atomic E-state index is -3.20. The normalized spacial score (nSPS) is 19.7. The van der Waals surface area contributed by atoms with Crippen molar-refractivity contribution < 1.29 is 13.2 Å². The Labute approximate surface area is 108 Å². The number of sulfonamides is 1. The lowest BCUT2D eigenvalue weighted by Gasteiger charge is -2.11. The molecule has 5 nitrogen and oxygen atoms in total. The van der Waals surface area contributed by atoms with Gasteiger partial charge < -0.3 is 10.1 Å². The molecule has 0 spiro atoms. The molecule has 1 aromatic carbocycles. The Hall–Kier alpha value is -1.27. The molecule has 1 aromatic rings. The minimum absolute atomic E-state index is 0.568. The molecule has 2 N–H and O–H groups in total. The molecule has 0 radical (unpaired) electrons. The van der Waals surface area contributed by atoms with Crippen molar-refractivity contribution in [3.63, 3.8) is 0 Å². The van der Waals surface area contributed by atoms with Crippen molar-refractivity contribution in [2.75, 3.05) is 36.1 Å². The van der Waals surface area contributed by atoms with Gasteiger partial charge in [-0.25, -0.2) is 8.42 Å². The maximum absolute atomic E-state index is 11.0. The zero-order valence-corrected chi connectivity index (χ0v) is 11.2. The van der Waals surface area contributed by atoms with Crippen molar-refractivity contribution >= 4 is 21.4 Å². The van der Waals surface area contributed by atoms with E-state index in [-0.39, 0.29) is 0 Å². The molecule has 1 unspecified atom stereocenters. The van der Waals surface area contributed by atoms with E-state index in [9.17, 15) is 8.42 Å². The van der Waals surface area contributed by atoms with E-state index in [2.05, 4.69) is 10.0 Å². The van der Waals surface area contributed by atoms with E-state index >= 15 is 0 Å². The lowest BCUT2D eigenvalue weighted by atomic mass is 10.1. The molecule has 2 rings (SSSR count). The molecule has 6 heteroatoms. The Morgan fingerprint density at radius 2 is 1.94 bits per heavy atom. The summed E-state index contributed by atoms with van der Waals surface area (Å²) >= 11 is 0. The van der Waals surface area contributed by atoms with Crippen molar-refractivity contribution in [2.45, 2.75) is 6.42 Å². The predicted octanol–water partition coefficient (Wildman–Crippen LogP) is 1.51. The second kappa shape index (κ2) is 5.58. The number of hydrogen-bond acceptors (Lipinski definition) is 4. The van der Waals surface area contributed by atoms with Gasteiger partial charge in [-0.05, 0) is 30.7 Å². The number of anilines is 2. The summed E-state index contributed by atoms with van der Waals surface area (Å²) in [6.45, 7) is 2.56. The third kappa shape index (κ3) is 4.19. The summed E-state index contributed by atoms with van der Waals surface area (Å²) < 4.78 is 29.8. The van der Waals surface area contributed by atoms with Gasteiger partial charge in [0, 0.05) is 30.4 Å². The SMILES string of the molecule is CS(=O)(=O)Nc1ccc(NCC2CCOC2)cc1. The lowest BCUT2D eigenvalue weighted by molar-refractivity contribution is 0.187. The van der Waals surface area contributed by atoms with Crippen LogP contribution in [0.1, 0.15) is 6.42 Å². The van der Waals surface area contributed by atoms with Crippen LogP contribution >= 0.6 is 0 Å². The Morgan fingerprint density at radius 1 is 1.28 bits per heavy atom. The summed E-state index contributed by atoms with van der Waals surface area (Å²) in [5, 5.41) is 3.32. The molecule has 0 aromatic heterocycles. The van der Waals surface area contributed by atoms with Crippen LogP contribution in [0.15, 0.2) is 24.3 Å². The number of rotatable bonds is 5. The molecular formula is C12H18N2O3S. The summed E-state index contributed by atoms with van der Waals surface area (Å²) in [7, 11) is -3.20. The van der Waals surface area contributed by atoms with Crippen molar-refractivity contribution in [1.29, 1.82) is 0 Å². The Kier molecular flexibility index (Phi) is 4.08. The van der Waals surface area contributed by atoms with Crippen LogP contribution in [-0.2, 0) is 14.8 Å². The zero-order valence-electron chi connectivity index (χ0n) is 10.3. The summed E-state index contributed by atoms with van der Waals surface area (Å²) in [6.07, 6.45) is 2.24. The van der Waals surface area contributed by atoms with Gasteiger partial charge in [-0.15, -0.1) is 0 Å². The average molecular weight is 270 g/mol. The molecule has 1 atom stereocenters. The van der Waals surface area contributed by atoms with E-state index in [1.807, 2.05) is 12.1 Å². The van der Waals surface area contributed by atoms with Gasteiger partial charge >= 0.3 is 0 Å². The second-order valence-electron chi connectivity index (χ2n) is 4.56. The highest BCUT2D eigenvalue weighted by atomic mass is 32.2. The van der Waals surface area contributed by atoms with Gasteiger partial charge in [0.2, 0.25) is 10.0 Å². The Bertz CT molecular complexity index is 479. The van der Waals surface area contributed by atoms with Gasteiger partial charge in [0.15, 0.2) is 0 Å². The van der Waals surface area contributed by atoms with Crippen LogP contribution in [0.2, 0.25) is 0 Å². The smallest absolute Gasteiger partial charge is 0.229 e. The van der Waals surface area contributed by atoms with Crippen LogP contribution in [0.25, 0.3) is 0 Å². The van der Waals surface area contributed by atoms with E-state index < -0.39 is 10.0 Å². The molecule has 1 saturated heterocycles. The van der Waals surface area contributed by atoms with Crippen LogP contribution in [-0.4, -0.2) is 34.4 Å². The molecule has 1 aliphatic heterocycles. The van der Waals surface area contributed by atoms with E-state index in [0.29, 0.717) is 11.6 Å². The van der Waals surface area contributed by atoms with Crippen molar-refractivity contribution in [2.24, 2.45) is 5.92 Å². The highest BCUT2D eigenvalue weighted by Gasteiger charge is 2.14. The fourth-order valence-electron chi connectivity index (χ4n) is 1.88. The predicted molar refractivity (Wildman–Crippen MR) is 72.3 cm³/mol. The molecular weight excluding hydrogens is 252 g/mol. The average Bonchev–Trinajstić information content (AvgIpc) is 2.79. The molecule has 0 saturated carbocycles. The summed E-state index contributed by atoms with van der Waals surface area (Å²) in [6, 6.07) is 7.22. The Balaban J connectivity index is 1.87. The first kappa shape index (κ1) is 13.2. The maximum Gasteiger partial charge on any atom is 0.229 e. The standard InChI is InChI=1S/C12H18N2O3S/c1-18(15,16)14-12-4-2-11(3-5-12)13-8-10-6-7-17-9-10/h2-5,10,13-14H,6-9H2,1H3. The third-order valence-electron chi connectivity index (χ3n) is 2.81. The highest BCUT2D eigenvalue weighted by Crippen LogP contribution is 2.17. The molecule has 1 heterocycles. The monoisotopic (exact) mass is 270 g/mol. The Morgan fingerprint density at radius 3 is 2.50 bits per heavy atom. The summed E-state index contributed by atoms with van der Waals surface area (Å²) in [5.41, 5.74) is 1.56. The van der Waals surface area contributed by atoms with Crippen LogP contribution in [0.3, 0.4) is 0 Å². The van der Waals surface area contributed by atoms with Gasteiger partial charge in [0.1, 0.15) is 0 Å². The van der Waals surface area contributed by atoms with Crippen LogP contribution < -0.4 is 10.0 Å². The zero-order chi connectivity index (χ0) is 13.0. The third-order valence-corrected chi connectivity index (χ3v) is 3.41. The van der Waals surface area contributed by atoms with Gasteiger partial charge in [0.25, 0.3) is 0 Å². The molecule has 0 bridgehead atoms. The summed E-state index contributed by atoms with van der Waals surface area (Å²) in [5.74, 6) is 0.568. The second-order valence-corrected chi connectivity index (χ2v) is 6.31. The molecule has 100 valence electrons. The number of benzene rings is 1. The van der Waals surface area contributed by atoms with E-state index in [4.69, 9.17) is 4.74 Å². The van der Waals surface area contributed by atoms with E-state index in [1.165, 1.54) is 0 Å². The minimum Gasteiger partial charge on any atom is -0.385 e. The highest BCUT2D eigenvalue weighted by molar-refractivity contribution is 7.92. The molecule has 1 aliphatic rings. The fraction of sp³-hybridized carbons (Fsp3) is 0.500. The molecule has 1 fully saturated rings. The molecule has 0 amide bonds. The van der Waals surface area contributed by atoms with E-state index in [1.54, 1.807) is 12.1 Å². The topological polar surface area (TPSA) is 67.4 Å². The van der Waals surface area contributed by atoms with Gasteiger partial charge in [0.05, 0.1) is 12.9 Å². The summed E-state index contributed by atoms with van der Waals surface area (Å²) in [4.78, 5) is 0. The van der Waals surface area contributed by atoms with Crippen molar-refractivity contribution in [1.82, 2.24) is 0 Å². The number of ether oxygens (including phenoxy) is 1. The first-order valence-corrected chi connectivity index (χ1v) is 7.81. The van der Waals surface area contributed by atoms with Crippen molar-refractivity contribution in [3.8, 4) is 0 Å². The van der Waals surface area contributed by atoms with Crippen LogP contribution in [0, 0.1) is 5.92 Å². The fourth-order valence-corrected chi connectivity index (χ4v) is 2.44. The quantitative estimate of drug-likeness (QED) is 0.851. The first-order chi connectivity index (χ1) is 8.53. The number of nitrogens with one attached hydrogen (secondary N) is 2. The van der Waals surface area contributed by atoms with E-state index in [0.717, 1.165) is 38.1 Å². The molecule has 0 aliphatic carbocycles. The first-order valence-electron chi connectivity index (χ1n) is 5.92. The largest absolute Gasteiger partial charge is 0.385 e.